The monoisotopic (exact) mass is 594 g/mol. The Kier molecular flexibility index (Phi) is 8.18. The van der Waals surface area contributed by atoms with Crippen LogP contribution in [0.15, 0.2) is 36.2 Å². The highest BCUT2D eigenvalue weighted by atomic mass is 32.1. The smallest absolute Gasteiger partial charge is 0.332 e. The van der Waals surface area contributed by atoms with Gasteiger partial charge in [0, 0.05) is 17.4 Å². The quantitative estimate of drug-likeness (QED) is 0.242. The molecule has 0 spiro atoms. The highest BCUT2D eigenvalue weighted by Crippen LogP contribution is 2.46. The van der Waals surface area contributed by atoms with E-state index in [1.165, 1.54) is 11.3 Å². The van der Waals surface area contributed by atoms with Gasteiger partial charge in [0.2, 0.25) is 11.8 Å². The highest BCUT2D eigenvalue weighted by Gasteiger charge is 2.62. The molecular weight excluding hydrogens is 560 g/mol. The molecule has 2 aromatic heterocycles. The number of aliphatic carboxylic acids is 1. The summed E-state index contributed by atoms with van der Waals surface area (Å²) in [6, 6.07) is 5.33. The Hall–Kier alpha value is -4.06. The Labute approximate surface area is 247 Å². The second kappa shape index (κ2) is 11.7. The second-order valence-corrected chi connectivity index (χ2v) is 11.8. The van der Waals surface area contributed by atoms with Crippen LogP contribution in [0.25, 0.3) is 21.7 Å². The first kappa shape index (κ1) is 29.4. The van der Waals surface area contributed by atoms with Crippen LogP contribution in [0.5, 0.6) is 11.6 Å². The van der Waals surface area contributed by atoms with Gasteiger partial charge in [0.05, 0.1) is 42.1 Å². The third-order valence-electron chi connectivity index (χ3n) is 7.91. The van der Waals surface area contributed by atoms with Gasteiger partial charge in [0.15, 0.2) is 10.8 Å². The van der Waals surface area contributed by atoms with Crippen LogP contribution in [-0.2, 0) is 19.1 Å². The number of ether oxygens (including phenoxy) is 3. The number of carbonyl (C=O) groups is 3. The number of hydrogen-bond acceptors (Lipinski definition) is 10. The van der Waals surface area contributed by atoms with Gasteiger partial charge < -0.3 is 24.6 Å². The van der Waals surface area contributed by atoms with Crippen LogP contribution in [0.4, 0.5) is 0 Å². The van der Waals surface area contributed by atoms with E-state index in [2.05, 4.69) is 30.7 Å². The number of carboxylic acid groups (broad SMARTS) is 1. The Morgan fingerprint density at radius 1 is 1.21 bits per heavy atom. The summed E-state index contributed by atoms with van der Waals surface area (Å²) in [7, 11) is 1.57. The van der Waals surface area contributed by atoms with Crippen LogP contribution >= 0.6 is 11.3 Å². The van der Waals surface area contributed by atoms with Gasteiger partial charge in [-0.2, -0.15) is 4.98 Å². The number of methoxy groups -OCH3 is 1. The van der Waals surface area contributed by atoms with Gasteiger partial charge in [-0.25, -0.2) is 14.8 Å². The number of amides is 1. The van der Waals surface area contributed by atoms with Gasteiger partial charge in [-0.15, -0.1) is 17.9 Å². The number of fused-ring (bicyclic) bond motifs is 1. The van der Waals surface area contributed by atoms with E-state index >= 15 is 0 Å². The fraction of sp³-hybridized carbons (Fsp3) is 0.467. The lowest BCUT2D eigenvalue weighted by atomic mass is 9.94. The van der Waals surface area contributed by atoms with Crippen LogP contribution in [-0.4, -0.2) is 63.3 Å². The number of rotatable bonds is 11. The van der Waals surface area contributed by atoms with E-state index < -0.39 is 41.3 Å². The maximum absolute atomic E-state index is 13.4. The van der Waals surface area contributed by atoms with Crippen molar-refractivity contribution < 1.29 is 33.7 Å². The van der Waals surface area contributed by atoms with E-state index in [1.54, 1.807) is 38.3 Å². The molecule has 5 atom stereocenters. The van der Waals surface area contributed by atoms with Crippen LogP contribution in [0.3, 0.4) is 0 Å². The number of hydrogen-bond donors (Lipinski definition) is 2. The zero-order chi connectivity index (χ0) is 30.2. The van der Waals surface area contributed by atoms with E-state index in [0.717, 1.165) is 5.69 Å². The zero-order valence-electron chi connectivity index (χ0n) is 24.0. The van der Waals surface area contributed by atoms with Gasteiger partial charge >= 0.3 is 11.9 Å². The van der Waals surface area contributed by atoms with E-state index in [1.807, 2.05) is 5.38 Å². The average Bonchev–Trinajstić information content (AvgIpc) is 3.27. The third-order valence-corrected chi connectivity index (χ3v) is 8.77. The van der Waals surface area contributed by atoms with Gasteiger partial charge in [-0.05, 0) is 44.2 Å². The summed E-state index contributed by atoms with van der Waals surface area (Å²) >= 11 is 1.43. The molecule has 42 heavy (non-hydrogen) atoms. The summed E-state index contributed by atoms with van der Waals surface area (Å²) in [5.41, 5.74) is 0.296. The van der Waals surface area contributed by atoms with Crippen molar-refractivity contribution in [2.24, 2.45) is 17.8 Å². The maximum atomic E-state index is 13.4. The van der Waals surface area contributed by atoms with Gasteiger partial charge in [-0.3, -0.25) is 9.59 Å². The molecule has 12 heteroatoms. The van der Waals surface area contributed by atoms with Crippen molar-refractivity contribution in [3.05, 3.63) is 41.9 Å². The topological polar surface area (TPSA) is 150 Å². The number of nitrogens with one attached hydrogen (secondary N) is 1. The molecule has 1 amide bonds. The van der Waals surface area contributed by atoms with E-state index in [4.69, 9.17) is 24.2 Å². The molecule has 2 fully saturated rings. The SMILES string of the molecule is C=C[C@@H]1C[C@]1(NC(=O)[C@@H]1C[C@@H](Oc2nc(-c3nc(C(C)C)cs3)nc3cc(OC)ccc23)C[C@H]1C(=O)O)C(=O)OCC. The predicted octanol–water partition coefficient (Wildman–Crippen LogP) is 4.37. The lowest BCUT2D eigenvalue weighted by molar-refractivity contribution is -0.150. The molecule has 3 aromatic rings. The first-order valence-electron chi connectivity index (χ1n) is 13.9. The van der Waals surface area contributed by atoms with Crippen LogP contribution < -0.4 is 14.8 Å². The lowest BCUT2D eigenvalue weighted by Gasteiger charge is -2.21. The van der Waals surface area contributed by atoms with Crippen molar-refractivity contribution in [3.63, 3.8) is 0 Å². The molecule has 2 heterocycles. The van der Waals surface area contributed by atoms with Crippen molar-refractivity contribution in [1.82, 2.24) is 20.3 Å². The van der Waals surface area contributed by atoms with Crippen LogP contribution in [0, 0.1) is 17.8 Å². The number of esters is 1. The van der Waals surface area contributed by atoms with Crippen LogP contribution in [0.1, 0.15) is 51.6 Å². The third kappa shape index (κ3) is 5.55. The Morgan fingerprint density at radius 3 is 2.60 bits per heavy atom. The van der Waals surface area contributed by atoms with Crippen molar-refractivity contribution in [1.29, 1.82) is 0 Å². The average molecular weight is 595 g/mol. The lowest BCUT2D eigenvalue weighted by Crippen LogP contribution is -2.49. The summed E-state index contributed by atoms with van der Waals surface area (Å²) in [5, 5.41) is 16.0. The standard InChI is InChI=1S/C30H34N4O7S/c1-6-16-13-30(16,29(38)40-7-2)34-25(35)20-10-18(11-21(20)28(36)37)41-26-19-9-8-17(39-5)12-22(19)31-24(33-26)27-32-23(14-42-27)15(3)4/h6,8-9,12,14-16,18,20-21H,1,7,10-11,13H2,2-5H3,(H,34,35)(H,36,37)/t16-,18-,20-,21-,30-/m1/s1. The van der Waals surface area contributed by atoms with E-state index in [0.29, 0.717) is 33.9 Å². The molecule has 222 valence electrons. The predicted molar refractivity (Wildman–Crippen MR) is 155 cm³/mol. The summed E-state index contributed by atoms with van der Waals surface area (Å²) < 4.78 is 16.9. The fourth-order valence-electron chi connectivity index (χ4n) is 5.43. The molecule has 2 saturated carbocycles. The van der Waals surface area contributed by atoms with Gasteiger partial charge in [0.25, 0.3) is 0 Å². The number of benzene rings is 1. The zero-order valence-corrected chi connectivity index (χ0v) is 24.8. The molecule has 0 bridgehead atoms. The van der Waals surface area contributed by atoms with Crippen molar-refractivity contribution in [3.8, 4) is 22.5 Å². The van der Waals surface area contributed by atoms with Crippen molar-refractivity contribution >= 4 is 40.1 Å². The number of nitrogens with zero attached hydrogens (tertiary/aromatic N) is 3. The minimum absolute atomic E-state index is 0.0937. The number of carbonyl (C=O) groups excluding carboxylic acids is 2. The minimum Gasteiger partial charge on any atom is -0.497 e. The summed E-state index contributed by atoms with van der Waals surface area (Å²) in [4.78, 5) is 52.4. The first-order valence-corrected chi connectivity index (χ1v) is 14.8. The highest BCUT2D eigenvalue weighted by molar-refractivity contribution is 7.13. The Morgan fingerprint density at radius 2 is 1.98 bits per heavy atom. The molecule has 2 N–H and O–H groups in total. The van der Waals surface area contributed by atoms with Crippen LogP contribution in [0.2, 0.25) is 0 Å². The van der Waals surface area contributed by atoms with Crippen molar-refractivity contribution in [2.75, 3.05) is 13.7 Å². The molecule has 11 nitrogen and oxygen atoms in total. The summed E-state index contributed by atoms with van der Waals surface area (Å²) in [6.45, 7) is 9.71. The number of aromatic nitrogens is 3. The molecule has 5 rings (SSSR count). The molecule has 2 aliphatic rings. The number of thiazole rings is 1. The minimum atomic E-state index is -1.21. The fourth-order valence-corrected chi connectivity index (χ4v) is 6.34. The second-order valence-electron chi connectivity index (χ2n) is 11.0. The summed E-state index contributed by atoms with van der Waals surface area (Å²) in [5.74, 6) is -2.87. The van der Waals surface area contributed by atoms with Gasteiger partial charge in [0.1, 0.15) is 17.4 Å². The molecule has 2 aliphatic carbocycles. The number of carboxylic acids is 1. The molecule has 0 saturated heterocycles. The van der Waals surface area contributed by atoms with Gasteiger partial charge in [-0.1, -0.05) is 19.9 Å². The molecular formula is C30H34N4O7S. The Balaban J connectivity index is 1.43. The molecule has 0 unspecified atom stereocenters. The molecule has 0 aliphatic heterocycles. The van der Waals surface area contributed by atoms with Crippen molar-refractivity contribution in [2.45, 2.75) is 57.6 Å². The normalized spacial score (nSPS) is 24.8. The van der Waals surface area contributed by atoms with E-state index in [9.17, 15) is 19.5 Å². The van der Waals surface area contributed by atoms with E-state index in [-0.39, 0.29) is 37.2 Å². The largest absolute Gasteiger partial charge is 0.497 e. The molecule has 1 aromatic carbocycles. The summed E-state index contributed by atoms with van der Waals surface area (Å²) in [6.07, 6.45) is 1.57. The molecule has 0 radical (unpaired) electrons. The Bertz CT molecular complexity index is 1540. The maximum Gasteiger partial charge on any atom is 0.332 e. The first-order chi connectivity index (χ1) is 20.1.